The van der Waals surface area contributed by atoms with Crippen LogP contribution >= 0.6 is 0 Å². The van der Waals surface area contributed by atoms with Crippen molar-refractivity contribution in [2.24, 2.45) is 11.8 Å². The Hall–Kier alpha value is -0.0800. The first-order chi connectivity index (χ1) is 8.08. The lowest BCUT2D eigenvalue weighted by Crippen LogP contribution is -2.32. The fourth-order valence-electron chi connectivity index (χ4n) is 2.44. The summed E-state index contributed by atoms with van der Waals surface area (Å²) in [5.41, 5.74) is 0. The summed E-state index contributed by atoms with van der Waals surface area (Å²) in [6, 6.07) is 0. The van der Waals surface area contributed by atoms with Gasteiger partial charge in [0.1, 0.15) is 0 Å². The quantitative estimate of drug-likeness (QED) is 0.688. The molecule has 1 unspecified atom stereocenters. The van der Waals surface area contributed by atoms with Crippen LogP contribution in [-0.2, 0) is 4.74 Å². The molecule has 0 bridgehead atoms. The average Bonchev–Trinajstić information content (AvgIpc) is 2.27. The highest BCUT2D eigenvalue weighted by Gasteiger charge is 2.20. The minimum absolute atomic E-state index is 0.362. The predicted molar refractivity (Wildman–Crippen MR) is 74.3 cm³/mol. The summed E-state index contributed by atoms with van der Waals surface area (Å²) in [6.45, 7) is 11.2. The Morgan fingerprint density at radius 3 is 2.35 bits per heavy atom. The van der Waals surface area contributed by atoms with Gasteiger partial charge in [0, 0.05) is 6.54 Å². The van der Waals surface area contributed by atoms with E-state index in [4.69, 9.17) is 4.74 Å². The van der Waals surface area contributed by atoms with E-state index in [-0.39, 0.29) is 0 Å². The molecule has 1 N–H and O–H groups in total. The van der Waals surface area contributed by atoms with Gasteiger partial charge in [-0.15, -0.1) is 0 Å². The largest absolute Gasteiger partial charge is 0.374 e. The lowest BCUT2D eigenvalue weighted by atomic mass is 9.89. The van der Waals surface area contributed by atoms with Crippen molar-refractivity contribution in [3.05, 3.63) is 0 Å². The zero-order valence-corrected chi connectivity index (χ0v) is 12.2. The van der Waals surface area contributed by atoms with E-state index in [1.54, 1.807) is 0 Å². The maximum absolute atomic E-state index is 6.08. The van der Waals surface area contributed by atoms with E-state index in [1.807, 2.05) is 0 Å². The van der Waals surface area contributed by atoms with Gasteiger partial charge in [0.15, 0.2) is 0 Å². The van der Waals surface area contributed by atoms with Gasteiger partial charge < -0.3 is 10.1 Å². The molecule has 0 amide bonds. The Balaban J connectivity index is 2.02. The van der Waals surface area contributed by atoms with Crippen molar-refractivity contribution in [2.45, 2.75) is 72.0 Å². The number of rotatable bonds is 7. The summed E-state index contributed by atoms with van der Waals surface area (Å²) in [6.07, 6.45) is 7.35. The second-order valence-electron chi connectivity index (χ2n) is 6.22. The van der Waals surface area contributed by atoms with Crippen molar-refractivity contribution < 1.29 is 4.74 Å². The van der Waals surface area contributed by atoms with Crippen LogP contribution in [0.1, 0.15) is 59.8 Å². The van der Waals surface area contributed by atoms with Crippen molar-refractivity contribution in [1.29, 1.82) is 0 Å². The van der Waals surface area contributed by atoms with Crippen molar-refractivity contribution >= 4 is 0 Å². The fraction of sp³-hybridized carbons (Fsp3) is 1.00. The van der Waals surface area contributed by atoms with Gasteiger partial charge in [0.2, 0.25) is 0 Å². The third-order valence-corrected chi connectivity index (χ3v) is 3.72. The number of nitrogens with one attached hydrogen (secondary N) is 1. The van der Waals surface area contributed by atoms with Crippen molar-refractivity contribution in [3.8, 4) is 0 Å². The third-order valence-electron chi connectivity index (χ3n) is 3.72. The standard InChI is InChI=1S/C15H31NO/c1-12(2)9-10-16-11-14(4)17-15-7-5-13(3)6-8-15/h12-16H,5-11H2,1-4H3. The lowest BCUT2D eigenvalue weighted by molar-refractivity contribution is -0.0258. The molecule has 2 nitrogen and oxygen atoms in total. The average molecular weight is 241 g/mol. The van der Waals surface area contributed by atoms with Gasteiger partial charge >= 0.3 is 0 Å². The first kappa shape index (κ1) is 15.0. The molecule has 2 heteroatoms. The van der Waals surface area contributed by atoms with Crippen molar-refractivity contribution in [1.82, 2.24) is 5.32 Å². The molecule has 0 spiro atoms. The van der Waals surface area contributed by atoms with Gasteiger partial charge in [-0.1, -0.05) is 20.8 Å². The second-order valence-corrected chi connectivity index (χ2v) is 6.22. The molecule has 102 valence electrons. The highest BCUT2D eigenvalue weighted by Crippen LogP contribution is 2.26. The van der Waals surface area contributed by atoms with Gasteiger partial charge in [-0.3, -0.25) is 0 Å². The van der Waals surface area contributed by atoms with E-state index in [1.165, 1.54) is 32.1 Å². The van der Waals surface area contributed by atoms with E-state index in [0.717, 1.165) is 24.9 Å². The third kappa shape index (κ3) is 7.05. The first-order valence-electron chi connectivity index (χ1n) is 7.44. The molecule has 0 aromatic heterocycles. The van der Waals surface area contributed by atoms with Crippen LogP contribution in [-0.4, -0.2) is 25.3 Å². The molecule has 1 rings (SSSR count). The van der Waals surface area contributed by atoms with Gasteiger partial charge in [-0.05, 0) is 57.4 Å². The SMILES string of the molecule is CC(C)CCNCC(C)OC1CCC(C)CC1. The summed E-state index contributed by atoms with van der Waals surface area (Å²) >= 11 is 0. The summed E-state index contributed by atoms with van der Waals surface area (Å²) < 4.78 is 6.08. The summed E-state index contributed by atoms with van der Waals surface area (Å²) in [5.74, 6) is 1.70. The maximum Gasteiger partial charge on any atom is 0.0675 e. The molecule has 0 radical (unpaired) electrons. The molecule has 0 heterocycles. The van der Waals surface area contributed by atoms with Crippen LogP contribution in [0, 0.1) is 11.8 Å². The molecule has 1 atom stereocenters. The fourth-order valence-corrected chi connectivity index (χ4v) is 2.44. The zero-order chi connectivity index (χ0) is 12.7. The molecule has 1 fully saturated rings. The number of hydrogen-bond acceptors (Lipinski definition) is 2. The summed E-state index contributed by atoms with van der Waals surface area (Å²) in [5, 5.41) is 3.49. The van der Waals surface area contributed by atoms with Gasteiger partial charge in [-0.25, -0.2) is 0 Å². The molecule has 1 aliphatic rings. The van der Waals surface area contributed by atoms with Gasteiger partial charge in [-0.2, -0.15) is 0 Å². The Morgan fingerprint density at radius 1 is 1.12 bits per heavy atom. The minimum atomic E-state index is 0.362. The van der Waals surface area contributed by atoms with Crippen LogP contribution in [0.5, 0.6) is 0 Å². The highest BCUT2D eigenvalue weighted by atomic mass is 16.5. The Morgan fingerprint density at radius 2 is 1.76 bits per heavy atom. The van der Waals surface area contributed by atoms with E-state index >= 15 is 0 Å². The van der Waals surface area contributed by atoms with Crippen LogP contribution < -0.4 is 5.32 Å². The Kier molecular flexibility index (Phi) is 7.14. The van der Waals surface area contributed by atoms with Gasteiger partial charge in [0.05, 0.1) is 12.2 Å². The van der Waals surface area contributed by atoms with Crippen LogP contribution in [0.3, 0.4) is 0 Å². The summed E-state index contributed by atoms with van der Waals surface area (Å²) in [4.78, 5) is 0. The maximum atomic E-state index is 6.08. The van der Waals surface area contributed by atoms with Crippen LogP contribution in [0.4, 0.5) is 0 Å². The molecule has 0 aromatic carbocycles. The van der Waals surface area contributed by atoms with E-state index in [0.29, 0.717) is 12.2 Å². The topological polar surface area (TPSA) is 21.3 Å². The molecular formula is C15H31NO. The van der Waals surface area contributed by atoms with Crippen molar-refractivity contribution in [2.75, 3.05) is 13.1 Å². The monoisotopic (exact) mass is 241 g/mol. The van der Waals surface area contributed by atoms with Crippen molar-refractivity contribution in [3.63, 3.8) is 0 Å². The predicted octanol–water partition coefficient (Wildman–Crippen LogP) is 3.61. The molecule has 17 heavy (non-hydrogen) atoms. The number of hydrogen-bond donors (Lipinski definition) is 1. The van der Waals surface area contributed by atoms with Crippen LogP contribution in [0.25, 0.3) is 0 Å². The first-order valence-corrected chi connectivity index (χ1v) is 7.44. The van der Waals surface area contributed by atoms with Crippen LogP contribution in [0.15, 0.2) is 0 Å². The van der Waals surface area contributed by atoms with E-state index in [9.17, 15) is 0 Å². The summed E-state index contributed by atoms with van der Waals surface area (Å²) in [7, 11) is 0. The smallest absolute Gasteiger partial charge is 0.0675 e. The molecule has 1 aliphatic carbocycles. The van der Waals surface area contributed by atoms with Crippen LogP contribution in [0.2, 0.25) is 0 Å². The molecular weight excluding hydrogens is 210 g/mol. The van der Waals surface area contributed by atoms with Gasteiger partial charge in [0.25, 0.3) is 0 Å². The molecule has 1 saturated carbocycles. The Bertz CT molecular complexity index is 185. The zero-order valence-electron chi connectivity index (χ0n) is 12.2. The Labute approximate surface area is 108 Å². The molecule has 0 saturated heterocycles. The second kappa shape index (κ2) is 8.10. The van der Waals surface area contributed by atoms with E-state index < -0.39 is 0 Å². The normalized spacial score (nSPS) is 27.4. The van der Waals surface area contributed by atoms with E-state index in [2.05, 4.69) is 33.0 Å². The minimum Gasteiger partial charge on any atom is -0.374 e. The highest BCUT2D eigenvalue weighted by molar-refractivity contribution is 4.71. The molecule has 0 aromatic rings. The number of ether oxygens (including phenoxy) is 1. The molecule has 0 aliphatic heterocycles. The lowest BCUT2D eigenvalue weighted by Gasteiger charge is -2.29.